The summed E-state index contributed by atoms with van der Waals surface area (Å²) in [5.74, 6) is -0.992. The summed E-state index contributed by atoms with van der Waals surface area (Å²) in [6.07, 6.45) is 1.49. The number of aromatic carboxylic acids is 1. The van der Waals surface area contributed by atoms with Gasteiger partial charge in [-0.1, -0.05) is 6.07 Å². The Labute approximate surface area is 84.7 Å². The third kappa shape index (κ3) is 1.52. The van der Waals surface area contributed by atoms with Gasteiger partial charge in [0, 0.05) is 16.6 Å². The highest BCUT2D eigenvalue weighted by Crippen LogP contribution is 2.26. The summed E-state index contributed by atoms with van der Waals surface area (Å²) in [6, 6.07) is 7.27. The lowest BCUT2D eigenvalue weighted by molar-refractivity contribution is 0.0691. The number of carbonyl (C=O) groups is 1. The summed E-state index contributed by atoms with van der Waals surface area (Å²) in [4.78, 5) is 15.6. The summed E-state index contributed by atoms with van der Waals surface area (Å²) in [5, 5.41) is 10.8. The number of pyridine rings is 1. The van der Waals surface area contributed by atoms with E-state index in [2.05, 4.69) is 4.98 Å². The molecule has 0 aliphatic carbocycles. The number of rotatable bonds is 2. The molecule has 0 radical (unpaired) electrons. The standard InChI is InChI=1S/C10H7NO2S/c12-10(13)9-7(3-1-5-11-9)8-4-2-6-14-8/h1-6H,(H,12,13). The van der Waals surface area contributed by atoms with Crippen LogP contribution in [0, 0.1) is 0 Å². The second-order valence-electron chi connectivity index (χ2n) is 2.68. The van der Waals surface area contributed by atoms with Gasteiger partial charge in [0.15, 0.2) is 5.69 Å². The van der Waals surface area contributed by atoms with E-state index in [0.29, 0.717) is 5.56 Å². The fraction of sp³-hybridized carbons (Fsp3) is 0. The van der Waals surface area contributed by atoms with Crippen LogP contribution in [-0.4, -0.2) is 16.1 Å². The minimum absolute atomic E-state index is 0.106. The van der Waals surface area contributed by atoms with Gasteiger partial charge in [0.05, 0.1) is 0 Å². The molecule has 0 amide bonds. The van der Waals surface area contributed by atoms with Crippen molar-refractivity contribution in [1.29, 1.82) is 0 Å². The Morgan fingerprint density at radius 1 is 1.36 bits per heavy atom. The van der Waals surface area contributed by atoms with Crippen molar-refractivity contribution in [1.82, 2.24) is 4.98 Å². The Morgan fingerprint density at radius 2 is 2.21 bits per heavy atom. The van der Waals surface area contributed by atoms with E-state index in [4.69, 9.17) is 5.11 Å². The van der Waals surface area contributed by atoms with Gasteiger partial charge in [-0.2, -0.15) is 0 Å². The fourth-order valence-electron chi connectivity index (χ4n) is 1.21. The Kier molecular flexibility index (Phi) is 2.28. The van der Waals surface area contributed by atoms with Crippen LogP contribution in [0.5, 0.6) is 0 Å². The molecule has 0 unspecified atom stereocenters. The first-order valence-electron chi connectivity index (χ1n) is 4.01. The number of aromatic nitrogens is 1. The zero-order chi connectivity index (χ0) is 9.97. The molecule has 70 valence electrons. The van der Waals surface area contributed by atoms with Gasteiger partial charge in [-0.15, -0.1) is 11.3 Å². The highest BCUT2D eigenvalue weighted by molar-refractivity contribution is 7.13. The summed E-state index contributed by atoms with van der Waals surface area (Å²) in [7, 11) is 0. The molecule has 0 atom stereocenters. The van der Waals surface area contributed by atoms with Crippen LogP contribution in [0.4, 0.5) is 0 Å². The number of carboxylic acid groups (broad SMARTS) is 1. The van der Waals surface area contributed by atoms with E-state index in [1.54, 1.807) is 12.1 Å². The van der Waals surface area contributed by atoms with E-state index in [9.17, 15) is 4.79 Å². The highest BCUT2D eigenvalue weighted by Gasteiger charge is 2.12. The van der Waals surface area contributed by atoms with Gasteiger partial charge in [-0.05, 0) is 23.6 Å². The van der Waals surface area contributed by atoms with Crippen molar-refractivity contribution in [3.05, 3.63) is 41.5 Å². The van der Waals surface area contributed by atoms with Gasteiger partial charge in [0.1, 0.15) is 0 Å². The van der Waals surface area contributed by atoms with Gasteiger partial charge >= 0.3 is 5.97 Å². The van der Waals surface area contributed by atoms with Crippen LogP contribution in [0.3, 0.4) is 0 Å². The fourth-order valence-corrected chi connectivity index (χ4v) is 1.96. The lowest BCUT2D eigenvalue weighted by Crippen LogP contribution is -2.01. The molecule has 2 heterocycles. The largest absolute Gasteiger partial charge is 0.476 e. The second-order valence-corrected chi connectivity index (χ2v) is 3.63. The highest BCUT2D eigenvalue weighted by atomic mass is 32.1. The maximum absolute atomic E-state index is 10.9. The van der Waals surface area contributed by atoms with Crippen LogP contribution in [0.2, 0.25) is 0 Å². The molecule has 0 saturated carbocycles. The molecule has 3 nitrogen and oxygen atoms in total. The minimum Gasteiger partial charge on any atom is -0.476 e. The summed E-state index contributed by atoms with van der Waals surface area (Å²) >= 11 is 1.50. The molecule has 0 spiro atoms. The molecule has 0 aromatic carbocycles. The van der Waals surface area contributed by atoms with Gasteiger partial charge in [0.25, 0.3) is 0 Å². The minimum atomic E-state index is -0.992. The number of hydrogen-bond donors (Lipinski definition) is 1. The average molecular weight is 205 g/mol. The van der Waals surface area contributed by atoms with Crippen molar-refractivity contribution in [2.24, 2.45) is 0 Å². The summed E-state index contributed by atoms with van der Waals surface area (Å²) < 4.78 is 0. The topological polar surface area (TPSA) is 50.2 Å². The number of thiophene rings is 1. The second kappa shape index (κ2) is 3.59. The molecule has 0 fully saturated rings. The van der Waals surface area contributed by atoms with Crippen LogP contribution in [0.1, 0.15) is 10.5 Å². The van der Waals surface area contributed by atoms with Crippen molar-refractivity contribution in [2.75, 3.05) is 0 Å². The molecule has 0 bridgehead atoms. The molecule has 14 heavy (non-hydrogen) atoms. The Hall–Kier alpha value is -1.68. The normalized spacial score (nSPS) is 10.0. The first-order valence-corrected chi connectivity index (χ1v) is 4.89. The van der Waals surface area contributed by atoms with Crippen molar-refractivity contribution in [3.8, 4) is 10.4 Å². The molecule has 2 rings (SSSR count). The van der Waals surface area contributed by atoms with Gasteiger partial charge in [-0.25, -0.2) is 9.78 Å². The zero-order valence-corrected chi connectivity index (χ0v) is 7.99. The van der Waals surface area contributed by atoms with Gasteiger partial charge in [-0.3, -0.25) is 0 Å². The Morgan fingerprint density at radius 3 is 2.86 bits per heavy atom. The smallest absolute Gasteiger partial charge is 0.355 e. The first kappa shape index (κ1) is 8.90. The number of carboxylic acids is 1. The predicted octanol–water partition coefficient (Wildman–Crippen LogP) is 2.51. The lowest BCUT2D eigenvalue weighted by Gasteiger charge is -2.00. The van der Waals surface area contributed by atoms with Crippen molar-refractivity contribution in [3.63, 3.8) is 0 Å². The first-order chi connectivity index (χ1) is 6.79. The SMILES string of the molecule is O=C(O)c1ncccc1-c1cccs1. The van der Waals surface area contributed by atoms with Crippen LogP contribution < -0.4 is 0 Å². The molecule has 0 aliphatic heterocycles. The van der Waals surface area contributed by atoms with E-state index in [1.165, 1.54) is 17.5 Å². The van der Waals surface area contributed by atoms with E-state index >= 15 is 0 Å². The zero-order valence-electron chi connectivity index (χ0n) is 7.18. The van der Waals surface area contributed by atoms with Crippen molar-refractivity contribution < 1.29 is 9.90 Å². The predicted molar refractivity (Wildman–Crippen MR) is 54.5 cm³/mol. The van der Waals surface area contributed by atoms with Crippen molar-refractivity contribution >= 4 is 17.3 Å². The molecule has 4 heteroatoms. The molecule has 2 aromatic heterocycles. The van der Waals surface area contributed by atoms with Crippen LogP contribution in [0.15, 0.2) is 35.8 Å². The van der Waals surface area contributed by atoms with Gasteiger partial charge < -0.3 is 5.11 Å². The lowest BCUT2D eigenvalue weighted by atomic mass is 10.1. The maximum atomic E-state index is 10.9. The molecule has 2 aromatic rings. The Balaban J connectivity index is 2.58. The van der Waals surface area contributed by atoms with E-state index in [0.717, 1.165) is 4.88 Å². The van der Waals surface area contributed by atoms with Gasteiger partial charge in [0.2, 0.25) is 0 Å². The van der Waals surface area contributed by atoms with Crippen LogP contribution in [0.25, 0.3) is 10.4 Å². The molecular weight excluding hydrogens is 198 g/mol. The number of nitrogens with zero attached hydrogens (tertiary/aromatic N) is 1. The quantitative estimate of drug-likeness (QED) is 0.819. The van der Waals surface area contributed by atoms with E-state index < -0.39 is 5.97 Å². The maximum Gasteiger partial charge on any atom is 0.355 e. The summed E-state index contributed by atoms with van der Waals surface area (Å²) in [5.41, 5.74) is 0.782. The molecule has 0 aliphatic rings. The van der Waals surface area contributed by atoms with Crippen LogP contribution >= 0.6 is 11.3 Å². The third-order valence-electron chi connectivity index (χ3n) is 1.80. The van der Waals surface area contributed by atoms with Crippen molar-refractivity contribution in [2.45, 2.75) is 0 Å². The summed E-state index contributed by atoms with van der Waals surface area (Å²) in [6.45, 7) is 0. The molecular formula is C10H7NO2S. The monoisotopic (exact) mass is 205 g/mol. The average Bonchev–Trinajstić information content (AvgIpc) is 2.70. The molecule has 0 saturated heterocycles. The van der Waals surface area contributed by atoms with E-state index in [-0.39, 0.29) is 5.69 Å². The Bertz CT molecular complexity index is 451. The molecule has 1 N–H and O–H groups in total. The third-order valence-corrected chi connectivity index (χ3v) is 2.70. The van der Waals surface area contributed by atoms with Crippen LogP contribution in [-0.2, 0) is 0 Å². The van der Waals surface area contributed by atoms with E-state index in [1.807, 2.05) is 17.5 Å². The number of hydrogen-bond acceptors (Lipinski definition) is 3.